The molecule has 3 heterocycles. The second-order valence-electron chi connectivity index (χ2n) is 12.8. The van der Waals surface area contributed by atoms with E-state index in [1.54, 1.807) is 0 Å². The van der Waals surface area contributed by atoms with E-state index in [0.717, 1.165) is 28.1 Å². The van der Waals surface area contributed by atoms with Gasteiger partial charge in [0.15, 0.2) is 0 Å². The van der Waals surface area contributed by atoms with E-state index in [4.69, 9.17) is 4.98 Å². The van der Waals surface area contributed by atoms with E-state index in [9.17, 15) is 0 Å². The molecule has 3 aromatic heterocycles. The summed E-state index contributed by atoms with van der Waals surface area (Å²) < 4.78 is 4.65. The lowest BCUT2D eigenvalue weighted by Gasteiger charge is -2.10. The highest BCUT2D eigenvalue weighted by atomic mass is 15.1. The van der Waals surface area contributed by atoms with Gasteiger partial charge < -0.3 is 4.57 Å². The third kappa shape index (κ3) is 4.56. The number of nitrogens with zero attached hydrogens (tertiary/aromatic N) is 3. The molecule has 3 nitrogen and oxygen atoms in total. The maximum absolute atomic E-state index is 5.12. The van der Waals surface area contributed by atoms with Crippen LogP contribution in [0.4, 0.5) is 0 Å². The number of hydrogen-bond donors (Lipinski definition) is 0. The van der Waals surface area contributed by atoms with Gasteiger partial charge in [0.05, 0.1) is 27.8 Å². The van der Waals surface area contributed by atoms with Gasteiger partial charge in [-0.1, -0.05) is 127 Å². The molecular formula is C47H31N3. The number of pyridine rings is 1. The molecule has 0 aliphatic heterocycles. The van der Waals surface area contributed by atoms with E-state index in [1.807, 2.05) is 6.07 Å². The highest BCUT2D eigenvalue weighted by Crippen LogP contribution is 2.37. The highest BCUT2D eigenvalue weighted by molar-refractivity contribution is 6.11. The second kappa shape index (κ2) is 11.5. The normalized spacial score (nSPS) is 11.6. The monoisotopic (exact) mass is 637 g/mol. The van der Waals surface area contributed by atoms with Crippen LogP contribution in [0.15, 0.2) is 188 Å². The van der Waals surface area contributed by atoms with E-state index < -0.39 is 0 Å². The van der Waals surface area contributed by atoms with E-state index in [2.05, 4.69) is 191 Å². The summed E-state index contributed by atoms with van der Waals surface area (Å²) in [5, 5.41) is 4.96. The molecule has 7 aromatic carbocycles. The minimum absolute atomic E-state index is 0.915. The lowest BCUT2D eigenvalue weighted by molar-refractivity contribution is 1.08. The van der Waals surface area contributed by atoms with Crippen LogP contribution in [0, 0.1) is 0 Å². The molecule has 0 bridgehead atoms. The predicted molar refractivity (Wildman–Crippen MR) is 209 cm³/mol. The molecule has 0 saturated heterocycles. The quantitative estimate of drug-likeness (QED) is 0.184. The molecule has 0 N–H and O–H groups in total. The summed E-state index contributed by atoms with van der Waals surface area (Å²) in [6.07, 6.45) is 0. The van der Waals surface area contributed by atoms with Crippen LogP contribution < -0.4 is 0 Å². The number of rotatable bonds is 5. The third-order valence-corrected chi connectivity index (χ3v) is 9.94. The molecule has 0 spiro atoms. The van der Waals surface area contributed by atoms with Crippen LogP contribution in [-0.2, 0) is 0 Å². The first-order valence-electron chi connectivity index (χ1n) is 17.1. The van der Waals surface area contributed by atoms with E-state index in [0.29, 0.717) is 0 Å². The average molecular weight is 638 g/mol. The number of para-hydroxylation sites is 3. The first-order chi connectivity index (χ1) is 24.8. The zero-order chi connectivity index (χ0) is 33.0. The summed E-state index contributed by atoms with van der Waals surface area (Å²) in [7, 11) is 0. The minimum Gasteiger partial charge on any atom is -0.309 e. The van der Waals surface area contributed by atoms with Gasteiger partial charge in [-0.25, -0.2) is 4.98 Å². The molecular weight excluding hydrogens is 607 g/mol. The molecule has 0 radical (unpaired) electrons. The smallest absolute Gasteiger partial charge is 0.138 e. The number of aromatic nitrogens is 3. The van der Waals surface area contributed by atoms with Crippen molar-refractivity contribution in [2.75, 3.05) is 0 Å². The summed E-state index contributed by atoms with van der Waals surface area (Å²) in [5.41, 5.74) is 12.8. The van der Waals surface area contributed by atoms with Gasteiger partial charge in [-0.15, -0.1) is 0 Å². The molecule has 234 valence electrons. The van der Waals surface area contributed by atoms with Crippen molar-refractivity contribution in [1.29, 1.82) is 0 Å². The Morgan fingerprint density at radius 3 is 1.40 bits per heavy atom. The Morgan fingerprint density at radius 2 is 0.780 bits per heavy atom. The van der Waals surface area contributed by atoms with E-state index in [1.165, 1.54) is 60.5 Å². The molecule has 0 unspecified atom stereocenters. The summed E-state index contributed by atoms with van der Waals surface area (Å²) in [6, 6.07) is 67.2. The first kappa shape index (κ1) is 28.3. The molecule has 10 aromatic rings. The van der Waals surface area contributed by atoms with Crippen molar-refractivity contribution in [3.63, 3.8) is 0 Å². The van der Waals surface area contributed by atoms with Crippen molar-refractivity contribution < 1.29 is 0 Å². The maximum atomic E-state index is 5.12. The fourth-order valence-corrected chi connectivity index (χ4v) is 7.58. The van der Waals surface area contributed by atoms with Gasteiger partial charge in [0, 0.05) is 32.8 Å². The Morgan fingerprint density at radius 1 is 0.300 bits per heavy atom. The molecule has 0 aliphatic carbocycles. The molecule has 0 saturated carbocycles. The van der Waals surface area contributed by atoms with Crippen LogP contribution in [0.1, 0.15) is 0 Å². The number of benzene rings is 7. The Bertz CT molecular complexity index is 2840. The number of hydrogen-bond acceptors (Lipinski definition) is 1. The molecule has 50 heavy (non-hydrogen) atoms. The number of fused-ring (bicyclic) bond motifs is 6. The fourth-order valence-electron chi connectivity index (χ4n) is 7.58. The van der Waals surface area contributed by atoms with Gasteiger partial charge in [0.2, 0.25) is 0 Å². The van der Waals surface area contributed by atoms with Crippen LogP contribution in [0.5, 0.6) is 0 Å². The molecule has 3 heteroatoms. The predicted octanol–water partition coefficient (Wildman–Crippen LogP) is 12.3. The summed E-state index contributed by atoms with van der Waals surface area (Å²) in [5.74, 6) is 0.915. The van der Waals surface area contributed by atoms with Crippen LogP contribution in [-0.4, -0.2) is 14.1 Å². The van der Waals surface area contributed by atoms with Crippen LogP contribution in [0.25, 0.3) is 88.6 Å². The molecule has 0 atom stereocenters. The van der Waals surface area contributed by atoms with E-state index >= 15 is 0 Å². The Hall–Kier alpha value is -6.71. The molecule has 0 amide bonds. The lowest BCUT2D eigenvalue weighted by Crippen LogP contribution is -1.98. The fraction of sp³-hybridized carbons (Fsp3) is 0. The zero-order valence-electron chi connectivity index (χ0n) is 27.2. The molecule has 0 aliphatic rings. The van der Waals surface area contributed by atoms with Crippen molar-refractivity contribution >= 4 is 43.6 Å². The van der Waals surface area contributed by atoms with Crippen molar-refractivity contribution in [2.45, 2.75) is 0 Å². The average Bonchev–Trinajstić information content (AvgIpc) is 3.71. The SMILES string of the molecule is c1ccc(-c2cccc(-n3c4ccccc4c4cc(-c5ccc(-c6ccc7c(c6)c6ccccc6n7-c6ccccc6)cc5)ccc43)n2)cc1. The highest BCUT2D eigenvalue weighted by Gasteiger charge is 2.16. The Balaban J connectivity index is 1.04. The Kier molecular flexibility index (Phi) is 6.49. The lowest BCUT2D eigenvalue weighted by atomic mass is 9.98. The van der Waals surface area contributed by atoms with Crippen molar-refractivity contribution in [1.82, 2.24) is 14.1 Å². The van der Waals surface area contributed by atoms with Crippen molar-refractivity contribution in [3.05, 3.63) is 188 Å². The van der Waals surface area contributed by atoms with E-state index in [-0.39, 0.29) is 0 Å². The van der Waals surface area contributed by atoms with Gasteiger partial charge in [0.25, 0.3) is 0 Å². The van der Waals surface area contributed by atoms with Gasteiger partial charge in [0.1, 0.15) is 5.82 Å². The third-order valence-electron chi connectivity index (χ3n) is 9.94. The van der Waals surface area contributed by atoms with Gasteiger partial charge >= 0.3 is 0 Å². The zero-order valence-corrected chi connectivity index (χ0v) is 27.2. The van der Waals surface area contributed by atoms with Gasteiger partial charge in [-0.3, -0.25) is 4.57 Å². The largest absolute Gasteiger partial charge is 0.309 e. The molecule has 10 rings (SSSR count). The van der Waals surface area contributed by atoms with Crippen LogP contribution in [0.2, 0.25) is 0 Å². The minimum atomic E-state index is 0.915. The summed E-state index contributed by atoms with van der Waals surface area (Å²) in [4.78, 5) is 5.12. The Labute approximate surface area is 290 Å². The standard InChI is InChI=1S/C47H31N3/c1-3-12-34(13-4-1)42-18-11-21-47(48-42)50-44-20-10-8-17-39(44)41-31-36(27-29-46(41)50)33-24-22-32(23-25-33)35-26-28-45-40(30-35)38-16-7-9-19-43(38)49(45)37-14-5-2-6-15-37/h1-31H. The van der Waals surface area contributed by atoms with Crippen LogP contribution in [0.3, 0.4) is 0 Å². The van der Waals surface area contributed by atoms with Gasteiger partial charge in [-0.2, -0.15) is 0 Å². The molecule has 0 fully saturated rings. The summed E-state index contributed by atoms with van der Waals surface area (Å²) in [6.45, 7) is 0. The topological polar surface area (TPSA) is 22.8 Å². The van der Waals surface area contributed by atoms with Crippen molar-refractivity contribution in [2.24, 2.45) is 0 Å². The second-order valence-corrected chi connectivity index (χ2v) is 12.8. The van der Waals surface area contributed by atoms with Crippen LogP contribution >= 0.6 is 0 Å². The van der Waals surface area contributed by atoms with Gasteiger partial charge in [-0.05, 0) is 82.9 Å². The van der Waals surface area contributed by atoms with Crippen molar-refractivity contribution in [3.8, 4) is 45.0 Å². The maximum Gasteiger partial charge on any atom is 0.138 e. The summed E-state index contributed by atoms with van der Waals surface area (Å²) >= 11 is 0. The first-order valence-corrected chi connectivity index (χ1v) is 17.1.